The molecule has 0 amide bonds. The molecule has 168 valence electrons. The Kier molecular flexibility index (Phi) is 9.07. The molecule has 0 bridgehead atoms. The first-order chi connectivity index (χ1) is 14.3. The van der Waals surface area contributed by atoms with Crippen molar-refractivity contribution in [2.75, 3.05) is 53.0 Å². The quantitative estimate of drug-likeness (QED) is 0.349. The van der Waals surface area contributed by atoms with Crippen LogP contribution in [-0.4, -0.2) is 69.4 Å². The monoisotopic (exact) mass is 528 g/mol. The van der Waals surface area contributed by atoms with Crippen molar-refractivity contribution in [3.63, 3.8) is 0 Å². The van der Waals surface area contributed by atoms with E-state index < -0.39 is 0 Å². The molecule has 1 unspecified atom stereocenters. The lowest BCUT2D eigenvalue weighted by Crippen LogP contribution is -2.60. The Morgan fingerprint density at radius 3 is 2.63 bits per heavy atom. The summed E-state index contributed by atoms with van der Waals surface area (Å²) in [6.07, 6.45) is 7.59. The summed E-state index contributed by atoms with van der Waals surface area (Å²) < 4.78 is 11.4. The Morgan fingerprint density at radius 1 is 1.10 bits per heavy atom. The third-order valence-electron chi connectivity index (χ3n) is 6.87. The summed E-state index contributed by atoms with van der Waals surface area (Å²) in [4.78, 5) is 7.18. The predicted molar refractivity (Wildman–Crippen MR) is 132 cm³/mol. The second kappa shape index (κ2) is 11.5. The molecule has 1 saturated carbocycles. The smallest absolute Gasteiger partial charge is 0.191 e. The van der Waals surface area contributed by atoms with Gasteiger partial charge in [0.2, 0.25) is 0 Å². The number of aliphatic imine (C=N–C) groups is 1. The average Bonchev–Trinajstić information content (AvgIpc) is 2.80. The molecule has 1 aliphatic carbocycles. The van der Waals surface area contributed by atoms with Gasteiger partial charge in [0.25, 0.3) is 0 Å². The Balaban J connectivity index is 0.00000256. The topological polar surface area (TPSA) is 58.1 Å². The Hall–Kier alpha value is -1.06. The zero-order valence-corrected chi connectivity index (χ0v) is 20.5. The summed E-state index contributed by atoms with van der Waals surface area (Å²) in [7, 11) is 1.87. The minimum absolute atomic E-state index is 0. The molecule has 3 aliphatic rings. The van der Waals surface area contributed by atoms with Crippen molar-refractivity contribution >= 4 is 29.9 Å². The first kappa shape index (κ1) is 23.6. The Labute approximate surface area is 198 Å². The summed E-state index contributed by atoms with van der Waals surface area (Å²) in [5.74, 6) is 2.40. The second-order valence-corrected chi connectivity index (χ2v) is 8.56. The zero-order chi connectivity index (χ0) is 19.9. The summed E-state index contributed by atoms with van der Waals surface area (Å²) in [6, 6.07) is 8.41. The normalized spacial score (nSPS) is 24.2. The number of hydrogen-bond acceptors (Lipinski definition) is 4. The fourth-order valence-electron chi connectivity index (χ4n) is 5.17. The lowest BCUT2D eigenvalue weighted by molar-refractivity contribution is -0.0352. The SMILES string of the molecule is CN=C(NCC1CCOc2ccccc21)NCC1(N2CCOCC2)CCCCC1.I. The largest absolute Gasteiger partial charge is 0.493 e. The molecule has 0 spiro atoms. The van der Waals surface area contributed by atoms with Crippen LogP contribution in [0.1, 0.15) is 50.0 Å². The lowest BCUT2D eigenvalue weighted by atomic mass is 9.80. The van der Waals surface area contributed by atoms with Gasteiger partial charge in [-0.1, -0.05) is 37.5 Å². The van der Waals surface area contributed by atoms with Gasteiger partial charge in [0.15, 0.2) is 5.96 Å². The fraction of sp³-hybridized carbons (Fsp3) is 0.696. The molecule has 2 fully saturated rings. The van der Waals surface area contributed by atoms with E-state index in [-0.39, 0.29) is 29.5 Å². The number of rotatable bonds is 5. The van der Waals surface area contributed by atoms with E-state index in [0.29, 0.717) is 5.92 Å². The maximum Gasteiger partial charge on any atom is 0.191 e. The number of para-hydroxylation sites is 1. The first-order valence-corrected chi connectivity index (χ1v) is 11.3. The van der Waals surface area contributed by atoms with Crippen LogP contribution < -0.4 is 15.4 Å². The van der Waals surface area contributed by atoms with Crippen molar-refractivity contribution in [1.29, 1.82) is 0 Å². The molecule has 6 nitrogen and oxygen atoms in total. The fourth-order valence-corrected chi connectivity index (χ4v) is 5.17. The van der Waals surface area contributed by atoms with Crippen molar-refractivity contribution in [2.45, 2.75) is 50.0 Å². The van der Waals surface area contributed by atoms with Crippen LogP contribution in [0, 0.1) is 0 Å². The molecule has 1 aromatic carbocycles. The Bertz CT molecular complexity index is 688. The number of benzene rings is 1. The predicted octanol–water partition coefficient (Wildman–Crippen LogP) is 3.37. The van der Waals surface area contributed by atoms with Crippen LogP contribution in [0.3, 0.4) is 0 Å². The van der Waals surface area contributed by atoms with Gasteiger partial charge >= 0.3 is 0 Å². The van der Waals surface area contributed by atoms with Gasteiger partial charge in [0, 0.05) is 44.7 Å². The molecule has 1 saturated heterocycles. The molecule has 2 heterocycles. The number of nitrogens with zero attached hydrogens (tertiary/aromatic N) is 2. The van der Waals surface area contributed by atoms with Gasteiger partial charge in [-0.3, -0.25) is 9.89 Å². The second-order valence-electron chi connectivity index (χ2n) is 8.56. The summed E-state index contributed by atoms with van der Waals surface area (Å²) in [6.45, 7) is 6.44. The molecule has 30 heavy (non-hydrogen) atoms. The van der Waals surface area contributed by atoms with Crippen LogP contribution in [0.4, 0.5) is 0 Å². The van der Waals surface area contributed by atoms with Crippen LogP contribution in [-0.2, 0) is 4.74 Å². The molecule has 2 aliphatic heterocycles. The van der Waals surface area contributed by atoms with Crippen LogP contribution >= 0.6 is 24.0 Å². The molecule has 0 radical (unpaired) electrons. The molecule has 0 aromatic heterocycles. The van der Waals surface area contributed by atoms with E-state index in [4.69, 9.17) is 9.47 Å². The lowest BCUT2D eigenvalue weighted by Gasteiger charge is -2.48. The number of hydrogen-bond donors (Lipinski definition) is 2. The molecule has 4 rings (SSSR count). The minimum Gasteiger partial charge on any atom is -0.493 e. The van der Waals surface area contributed by atoms with Crippen molar-refractivity contribution in [2.24, 2.45) is 4.99 Å². The highest BCUT2D eigenvalue weighted by Crippen LogP contribution is 2.34. The molecule has 2 N–H and O–H groups in total. The first-order valence-electron chi connectivity index (χ1n) is 11.3. The Morgan fingerprint density at radius 2 is 1.87 bits per heavy atom. The molecule has 1 aromatic rings. The highest BCUT2D eigenvalue weighted by molar-refractivity contribution is 14.0. The number of ether oxygens (including phenoxy) is 2. The number of guanidine groups is 1. The van der Waals surface area contributed by atoms with Crippen molar-refractivity contribution in [3.8, 4) is 5.75 Å². The van der Waals surface area contributed by atoms with Gasteiger partial charge in [-0.2, -0.15) is 0 Å². The zero-order valence-electron chi connectivity index (χ0n) is 18.2. The molecular weight excluding hydrogens is 491 g/mol. The third-order valence-corrected chi connectivity index (χ3v) is 6.87. The minimum atomic E-state index is 0. The standard InChI is InChI=1S/C23H36N4O2.HI/c1-24-22(25-17-19-9-14-29-21-8-4-3-7-20(19)21)26-18-23(10-5-2-6-11-23)27-12-15-28-16-13-27;/h3-4,7-8,19H,2,5-6,9-18H2,1H3,(H2,24,25,26);1H. The van der Waals surface area contributed by atoms with Gasteiger partial charge < -0.3 is 20.1 Å². The summed E-state index contributed by atoms with van der Waals surface area (Å²) in [5, 5.41) is 7.25. The molecular formula is C23H37IN4O2. The maximum atomic E-state index is 5.80. The van der Waals surface area contributed by atoms with E-state index in [1.807, 2.05) is 13.1 Å². The van der Waals surface area contributed by atoms with Crippen LogP contribution in [0.15, 0.2) is 29.3 Å². The summed E-state index contributed by atoms with van der Waals surface area (Å²) in [5.41, 5.74) is 1.55. The maximum absolute atomic E-state index is 5.80. The van der Waals surface area contributed by atoms with Crippen LogP contribution in [0.25, 0.3) is 0 Å². The van der Waals surface area contributed by atoms with E-state index in [1.54, 1.807) is 0 Å². The van der Waals surface area contributed by atoms with Crippen molar-refractivity contribution < 1.29 is 9.47 Å². The number of halogens is 1. The number of nitrogens with one attached hydrogen (secondary N) is 2. The summed E-state index contributed by atoms with van der Waals surface area (Å²) >= 11 is 0. The van der Waals surface area contributed by atoms with Gasteiger partial charge in [0.05, 0.1) is 19.8 Å². The van der Waals surface area contributed by atoms with E-state index in [9.17, 15) is 0 Å². The molecule has 7 heteroatoms. The van der Waals surface area contributed by atoms with Crippen LogP contribution in [0.2, 0.25) is 0 Å². The van der Waals surface area contributed by atoms with Crippen molar-refractivity contribution in [1.82, 2.24) is 15.5 Å². The van der Waals surface area contributed by atoms with Crippen molar-refractivity contribution in [3.05, 3.63) is 29.8 Å². The molecule has 1 atom stereocenters. The van der Waals surface area contributed by atoms with Gasteiger partial charge in [-0.15, -0.1) is 24.0 Å². The third kappa shape index (κ3) is 5.59. The highest BCUT2D eigenvalue weighted by Gasteiger charge is 2.38. The van der Waals surface area contributed by atoms with E-state index in [1.165, 1.54) is 37.7 Å². The average molecular weight is 528 g/mol. The highest BCUT2D eigenvalue weighted by atomic mass is 127. The van der Waals surface area contributed by atoms with Crippen LogP contribution in [0.5, 0.6) is 5.75 Å². The van der Waals surface area contributed by atoms with E-state index in [0.717, 1.165) is 64.1 Å². The van der Waals surface area contributed by atoms with Gasteiger partial charge in [-0.25, -0.2) is 0 Å². The number of fused-ring (bicyclic) bond motifs is 1. The van der Waals surface area contributed by atoms with E-state index >= 15 is 0 Å². The van der Waals surface area contributed by atoms with Gasteiger partial charge in [0.1, 0.15) is 5.75 Å². The van der Waals surface area contributed by atoms with E-state index in [2.05, 4.69) is 38.7 Å². The van der Waals surface area contributed by atoms with Gasteiger partial charge in [-0.05, 0) is 30.9 Å². The number of morpholine rings is 1.